The third-order valence-electron chi connectivity index (χ3n) is 4.68. The molecule has 1 aliphatic rings. The van der Waals surface area contributed by atoms with E-state index in [4.69, 9.17) is 0 Å². The van der Waals surface area contributed by atoms with Crippen molar-refractivity contribution in [1.29, 1.82) is 0 Å². The second kappa shape index (κ2) is 6.88. The summed E-state index contributed by atoms with van der Waals surface area (Å²) in [7, 11) is 1.99. The van der Waals surface area contributed by atoms with Crippen LogP contribution in [0, 0.1) is 5.41 Å². The Hall–Kier alpha value is -2.61. The van der Waals surface area contributed by atoms with Crippen molar-refractivity contribution in [1.82, 2.24) is 0 Å². The number of rotatable bonds is 4. The van der Waals surface area contributed by atoms with Gasteiger partial charge in [0.1, 0.15) is 0 Å². The molecule has 2 aromatic rings. The zero-order valence-electron chi connectivity index (χ0n) is 14.3. The summed E-state index contributed by atoms with van der Waals surface area (Å²) in [5.41, 5.74) is 2.72. The molecule has 0 aromatic heterocycles. The van der Waals surface area contributed by atoms with Crippen molar-refractivity contribution in [3.8, 4) is 0 Å². The number of allylic oxidation sites excluding steroid dienone is 2. The number of benzene rings is 2. The maximum Gasteiger partial charge on any atom is 0.169 e. The van der Waals surface area contributed by atoms with Crippen LogP contribution in [0.25, 0.3) is 6.08 Å². The second-order valence-corrected chi connectivity index (χ2v) is 6.59. The van der Waals surface area contributed by atoms with Crippen LogP contribution < -0.4 is 4.90 Å². The molecule has 2 aromatic carbocycles. The van der Waals surface area contributed by atoms with Crippen LogP contribution in [0.1, 0.15) is 25.3 Å². The highest BCUT2D eigenvalue weighted by molar-refractivity contribution is 6.03. The van der Waals surface area contributed by atoms with Gasteiger partial charge in [-0.1, -0.05) is 60.7 Å². The van der Waals surface area contributed by atoms with E-state index in [1.54, 1.807) is 0 Å². The van der Waals surface area contributed by atoms with Gasteiger partial charge >= 0.3 is 0 Å². The predicted molar refractivity (Wildman–Crippen MR) is 101 cm³/mol. The van der Waals surface area contributed by atoms with Gasteiger partial charge in [-0.2, -0.15) is 0 Å². The molecular weight excluding hydrogens is 294 g/mol. The molecule has 1 aliphatic carbocycles. The quantitative estimate of drug-likeness (QED) is 0.732. The fourth-order valence-electron chi connectivity index (χ4n) is 3.09. The van der Waals surface area contributed by atoms with E-state index in [9.17, 15) is 4.79 Å². The Labute approximate surface area is 144 Å². The van der Waals surface area contributed by atoms with Gasteiger partial charge in [0.05, 0.1) is 0 Å². The summed E-state index contributed by atoms with van der Waals surface area (Å²) >= 11 is 0. The largest absolute Gasteiger partial charge is 0.351 e. The number of carbonyl (C=O) groups excluding carboxylic acids is 1. The van der Waals surface area contributed by atoms with E-state index in [2.05, 4.69) is 24.3 Å². The Kier molecular flexibility index (Phi) is 4.66. The van der Waals surface area contributed by atoms with E-state index in [1.807, 2.05) is 73.6 Å². The highest BCUT2D eigenvalue weighted by Gasteiger charge is 2.38. The van der Waals surface area contributed by atoms with Gasteiger partial charge in [0.2, 0.25) is 0 Å². The van der Waals surface area contributed by atoms with Crippen LogP contribution in [-0.2, 0) is 4.79 Å². The zero-order chi connectivity index (χ0) is 17.0. The number of nitrogens with zero attached hydrogens (tertiary/aromatic N) is 1. The first-order valence-corrected chi connectivity index (χ1v) is 8.36. The molecule has 0 N–H and O–H groups in total. The van der Waals surface area contributed by atoms with Crippen molar-refractivity contribution in [3.63, 3.8) is 0 Å². The van der Waals surface area contributed by atoms with Crippen LogP contribution in [0.3, 0.4) is 0 Å². The number of hydrogen-bond acceptors (Lipinski definition) is 2. The summed E-state index contributed by atoms with van der Waals surface area (Å²) in [5, 5.41) is 0. The van der Waals surface area contributed by atoms with E-state index in [0.29, 0.717) is 0 Å². The highest BCUT2D eigenvalue weighted by Crippen LogP contribution is 2.39. The lowest BCUT2D eigenvalue weighted by atomic mass is 9.86. The molecule has 0 spiro atoms. The van der Waals surface area contributed by atoms with Crippen molar-refractivity contribution in [2.75, 3.05) is 11.9 Å². The van der Waals surface area contributed by atoms with Crippen molar-refractivity contribution in [2.45, 2.75) is 19.8 Å². The first kappa shape index (κ1) is 16.3. The lowest BCUT2D eigenvalue weighted by Crippen LogP contribution is -2.20. The van der Waals surface area contributed by atoms with Crippen molar-refractivity contribution < 1.29 is 4.79 Å². The van der Waals surface area contributed by atoms with Crippen LogP contribution >= 0.6 is 0 Å². The van der Waals surface area contributed by atoms with Crippen LogP contribution in [0.2, 0.25) is 0 Å². The maximum atomic E-state index is 12.9. The van der Waals surface area contributed by atoms with Gasteiger partial charge in [0, 0.05) is 29.9 Å². The van der Waals surface area contributed by atoms with Crippen LogP contribution in [0.5, 0.6) is 0 Å². The molecule has 2 heteroatoms. The normalized spacial score (nSPS) is 22.4. The van der Waals surface area contributed by atoms with Gasteiger partial charge < -0.3 is 4.90 Å². The molecule has 0 saturated heterocycles. The molecular formula is C22H23NO. The van der Waals surface area contributed by atoms with Gasteiger partial charge in [0.15, 0.2) is 5.78 Å². The van der Waals surface area contributed by atoms with Crippen LogP contribution in [-0.4, -0.2) is 12.8 Å². The zero-order valence-corrected chi connectivity index (χ0v) is 14.3. The number of hydrogen-bond donors (Lipinski definition) is 0. The fourth-order valence-corrected chi connectivity index (χ4v) is 3.09. The van der Waals surface area contributed by atoms with E-state index in [1.165, 1.54) is 0 Å². The van der Waals surface area contributed by atoms with E-state index in [-0.39, 0.29) is 5.78 Å². The monoisotopic (exact) mass is 317 g/mol. The van der Waals surface area contributed by atoms with Crippen LogP contribution in [0.15, 0.2) is 78.5 Å². The van der Waals surface area contributed by atoms with Crippen molar-refractivity contribution in [2.24, 2.45) is 5.41 Å². The average Bonchev–Trinajstić information content (AvgIpc) is 2.90. The SMILES string of the molecule is CN(/C=C1\CCC(C)(C=Cc2ccccc2)C1=O)c1ccccc1. The molecule has 1 saturated carbocycles. The van der Waals surface area contributed by atoms with Gasteiger partial charge in [-0.05, 0) is 37.5 Å². The maximum absolute atomic E-state index is 12.9. The molecule has 24 heavy (non-hydrogen) atoms. The summed E-state index contributed by atoms with van der Waals surface area (Å²) < 4.78 is 0. The van der Waals surface area contributed by atoms with Crippen molar-refractivity contribution in [3.05, 3.63) is 84.1 Å². The van der Waals surface area contributed by atoms with E-state index >= 15 is 0 Å². The minimum atomic E-state index is -0.404. The number of carbonyl (C=O) groups is 1. The third kappa shape index (κ3) is 3.48. The first-order chi connectivity index (χ1) is 11.6. The summed E-state index contributed by atoms with van der Waals surface area (Å²) in [6.07, 6.45) is 7.80. The van der Waals surface area contributed by atoms with E-state index < -0.39 is 5.41 Å². The fraction of sp³-hybridized carbons (Fsp3) is 0.227. The minimum Gasteiger partial charge on any atom is -0.351 e. The van der Waals surface area contributed by atoms with Gasteiger partial charge in [-0.15, -0.1) is 0 Å². The highest BCUT2D eigenvalue weighted by atomic mass is 16.1. The molecule has 3 rings (SSSR count). The van der Waals surface area contributed by atoms with Gasteiger partial charge in [-0.3, -0.25) is 4.79 Å². The topological polar surface area (TPSA) is 20.3 Å². The second-order valence-electron chi connectivity index (χ2n) is 6.59. The number of ketones is 1. The Morgan fingerprint density at radius 3 is 2.29 bits per heavy atom. The van der Waals surface area contributed by atoms with Gasteiger partial charge in [-0.25, -0.2) is 0 Å². The molecule has 0 amide bonds. The Balaban J connectivity index is 1.77. The van der Waals surface area contributed by atoms with Crippen LogP contribution in [0.4, 0.5) is 5.69 Å². The molecule has 0 bridgehead atoms. The number of Topliss-reactive ketones (excluding diaryl/α,β-unsaturated/α-hetero) is 1. The summed E-state index contributed by atoms with van der Waals surface area (Å²) in [6.45, 7) is 2.04. The Bertz CT molecular complexity index is 761. The number of anilines is 1. The average molecular weight is 317 g/mol. The minimum absolute atomic E-state index is 0.234. The molecule has 2 nitrogen and oxygen atoms in total. The first-order valence-electron chi connectivity index (χ1n) is 8.36. The number of para-hydroxylation sites is 1. The third-order valence-corrected chi connectivity index (χ3v) is 4.68. The molecule has 1 unspecified atom stereocenters. The Morgan fingerprint density at radius 1 is 1.00 bits per heavy atom. The summed E-state index contributed by atoms with van der Waals surface area (Å²) in [5.74, 6) is 0.234. The van der Waals surface area contributed by atoms with Gasteiger partial charge in [0.25, 0.3) is 0 Å². The van der Waals surface area contributed by atoms with E-state index in [0.717, 1.165) is 29.7 Å². The lowest BCUT2D eigenvalue weighted by Gasteiger charge is -2.18. The van der Waals surface area contributed by atoms with Crippen molar-refractivity contribution >= 4 is 17.5 Å². The lowest BCUT2D eigenvalue weighted by molar-refractivity contribution is -0.120. The predicted octanol–water partition coefficient (Wildman–Crippen LogP) is 5.09. The molecule has 0 aliphatic heterocycles. The Morgan fingerprint density at radius 2 is 1.62 bits per heavy atom. The molecule has 1 fully saturated rings. The standard InChI is InChI=1S/C22H23NO/c1-22(15-13-18-9-5-3-6-10-18)16-14-19(21(22)24)17-23(2)20-11-7-4-8-12-20/h3-13,15,17H,14,16H2,1-2H3/b15-13?,19-17+. The molecule has 122 valence electrons. The smallest absolute Gasteiger partial charge is 0.169 e. The summed E-state index contributed by atoms with van der Waals surface area (Å²) in [4.78, 5) is 14.9. The summed E-state index contributed by atoms with van der Waals surface area (Å²) in [6, 6.07) is 20.2. The molecule has 0 heterocycles. The molecule has 0 radical (unpaired) electrons. The molecule has 1 atom stereocenters.